The smallest absolute Gasteiger partial charge is 0.0963 e. The molecule has 1 aliphatic rings. The molecule has 0 atom stereocenters. The summed E-state index contributed by atoms with van der Waals surface area (Å²) in [4.78, 5) is 0. The van der Waals surface area contributed by atoms with Crippen LogP contribution in [-0.2, 0) is 0 Å². The number of unbranched alkanes of at least 4 members (excludes halogenated alkanes) is 4. The highest BCUT2D eigenvalue weighted by Crippen LogP contribution is 2.16. The highest BCUT2D eigenvalue weighted by Gasteiger charge is 1.99. The summed E-state index contributed by atoms with van der Waals surface area (Å²) < 4.78 is 0. The summed E-state index contributed by atoms with van der Waals surface area (Å²) in [7, 11) is 0. The average Bonchev–Trinajstić information content (AvgIpc) is 2.43. The first-order chi connectivity index (χ1) is 7.33. The third-order valence-electron chi connectivity index (χ3n) is 2.69. The molecule has 0 fully saturated rings. The molecule has 0 aliphatic heterocycles. The van der Waals surface area contributed by atoms with Gasteiger partial charge in [-0.2, -0.15) is 0 Å². The Morgan fingerprint density at radius 1 is 1.20 bits per heavy atom. The van der Waals surface area contributed by atoms with E-state index >= 15 is 0 Å². The Bertz CT molecular complexity index is 259. The van der Waals surface area contributed by atoms with E-state index < -0.39 is 0 Å². The molecular weight excluding hydrogens is 184 g/mol. The van der Waals surface area contributed by atoms with Crippen LogP contribution >= 0.6 is 0 Å². The Morgan fingerprint density at radius 3 is 2.80 bits per heavy atom. The van der Waals surface area contributed by atoms with Crippen molar-refractivity contribution in [3.8, 4) is 0 Å². The summed E-state index contributed by atoms with van der Waals surface area (Å²) in [6, 6.07) is 0. The Morgan fingerprint density at radius 2 is 2.00 bits per heavy atom. The van der Waals surface area contributed by atoms with Gasteiger partial charge in [0.2, 0.25) is 0 Å². The first-order valence-electron chi connectivity index (χ1n) is 6.08. The average molecular weight is 206 g/mol. The summed E-state index contributed by atoms with van der Waals surface area (Å²) in [6.07, 6.45) is 16.4. The third-order valence-corrected chi connectivity index (χ3v) is 2.69. The van der Waals surface area contributed by atoms with Crippen LogP contribution in [0.15, 0.2) is 35.6 Å². The molecule has 0 aromatic carbocycles. The van der Waals surface area contributed by atoms with E-state index in [2.05, 4.69) is 13.0 Å². The maximum absolute atomic E-state index is 9.47. The second kappa shape index (κ2) is 7.33. The van der Waals surface area contributed by atoms with Crippen LogP contribution in [0.4, 0.5) is 0 Å². The first kappa shape index (κ1) is 12.1. The number of allylic oxidation sites excluding steroid dienone is 5. The van der Waals surface area contributed by atoms with E-state index in [-0.39, 0.29) is 0 Å². The summed E-state index contributed by atoms with van der Waals surface area (Å²) >= 11 is 0. The topological polar surface area (TPSA) is 20.2 Å². The third kappa shape index (κ3) is 5.46. The minimum atomic E-state index is 0.489. The lowest BCUT2D eigenvalue weighted by Crippen LogP contribution is -1.84. The van der Waals surface area contributed by atoms with Crippen molar-refractivity contribution in [1.29, 1.82) is 0 Å². The zero-order valence-electron chi connectivity index (χ0n) is 9.71. The second-order valence-electron chi connectivity index (χ2n) is 4.17. The molecule has 0 spiro atoms. The van der Waals surface area contributed by atoms with E-state index in [0.717, 1.165) is 6.42 Å². The number of aliphatic hydroxyl groups excluding tert-OH is 1. The van der Waals surface area contributed by atoms with Crippen molar-refractivity contribution in [3.63, 3.8) is 0 Å². The van der Waals surface area contributed by atoms with Crippen LogP contribution < -0.4 is 0 Å². The molecule has 0 saturated carbocycles. The first-order valence-corrected chi connectivity index (χ1v) is 6.08. The molecule has 1 aliphatic carbocycles. The van der Waals surface area contributed by atoms with Gasteiger partial charge in [-0.3, -0.25) is 0 Å². The Balaban J connectivity index is 2.22. The van der Waals surface area contributed by atoms with Crippen LogP contribution in [0.1, 0.15) is 51.9 Å². The van der Waals surface area contributed by atoms with Crippen molar-refractivity contribution in [2.24, 2.45) is 0 Å². The molecule has 1 rings (SSSR count). The largest absolute Gasteiger partial charge is 0.512 e. The monoisotopic (exact) mass is 206 g/mol. The zero-order valence-corrected chi connectivity index (χ0v) is 9.71. The maximum atomic E-state index is 9.47. The SMILES string of the molecule is CCCCCCCC1=CC=CCC(O)=C1. The lowest BCUT2D eigenvalue weighted by molar-refractivity contribution is 0.401. The fourth-order valence-corrected chi connectivity index (χ4v) is 1.79. The van der Waals surface area contributed by atoms with Crippen molar-refractivity contribution < 1.29 is 5.11 Å². The fraction of sp³-hybridized carbons (Fsp3) is 0.571. The highest BCUT2D eigenvalue weighted by molar-refractivity contribution is 5.29. The van der Waals surface area contributed by atoms with Crippen molar-refractivity contribution in [1.82, 2.24) is 0 Å². The number of hydrogen-bond acceptors (Lipinski definition) is 1. The van der Waals surface area contributed by atoms with Crippen LogP contribution in [0.5, 0.6) is 0 Å². The molecule has 0 radical (unpaired) electrons. The quantitative estimate of drug-likeness (QED) is 0.626. The Kier molecular flexibility index (Phi) is 5.91. The Labute approximate surface area is 93.2 Å². The maximum Gasteiger partial charge on any atom is 0.0963 e. The van der Waals surface area contributed by atoms with Crippen LogP contribution in [0.3, 0.4) is 0 Å². The van der Waals surface area contributed by atoms with E-state index in [1.54, 1.807) is 0 Å². The summed E-state index contributed by atoms with van der Waals surface area (Å²) in [5.74, 6) is 0.489. The zero-order chi connectivity index (χ0) is 10.9. The standard InChI is InChI=1S/C14H22O/c1-2-3-4-5-6-9-13-10-7-8-11-14(15)12-13/h7-8,10,12,15H,2-6,9,11H2,1H3. The minimum Gasteiger partial charge on any atom is -0.512 e. The van der Waals surface area contributed by atoms with Gasteiger partial charge < -0.3 is 5.11 Å². The lowest BCUT2D eigenvalue weighted by Gasteiger charge is -2.02. The molecule has 0 saturated heterocycles. The van der Waals surface area contributed by atoms with E-state index in [9.17, 15) is 5.11 Å². The van der Waals surface area contributed by atoms with E-state index in [1.807, 2.05) is 18.2 Å². The molecular formula is C14H22O. The summed E-state index contributed by atoms with van der Waals surface area (Å²) in [5, 5.41) is 9.47. The number of aliphatic hydroxyl groups is 1. The van der Waals surface area contributed by atoms with Gasteiger partial charge in [-0.15, -0.1) is 0 Å². The van der Waals surface area contributed by atoms with Crippen molar-refractivity contribution in [2.75, 3.05) is 0 Å². The summed E-state index contributed by atoms with van der Waals surface area (Å²) in [6.45, 7) is 2.24. The molecule has 1 nitrogen and oxygen atoms in total. The minimum absolute atomic E-state index is 0.489. The van der Waals surface area contributed by atoms with Gasteiger partial charge in [0.25, 0.3) is 0 Å². The second-order valence-corrected chi connectivity index (χ2v) is 4.17. The molecule has 1 heteroatoms. The van der Waals surface area contributed by atoms with Gasteiger partial charge in [-0.05, 0) is 24.5 Å². The van der Waals surface area contributed by atoms with Gasteiger partial charge in [-0.1, -0.05) is 50.8 Å². The van der Waals surface area contributed by atoms with Gasteiger partial charge in [0.05, 0.1) is 5.76 Å². The van der Waals surface area contributed by atoms with Gasteiger partial charge >= 0.3 is 0 Å². The predicted molar refractivity (Wildman–Crippen MR) is 65.9 cm³/mol. The van der Waals surface area contributed by atoms with Crippen molar-refractivity contribution in [2.45, 2.75) is 51.9 Å². The molecule has 0 unspecified atom stereocenters. The molecule has 0 heterocycles. The fourth-order valence-electron chi connectivity index (χ4n) is 1.79. The van der Waals surface area contributed by atoms with Gasteiger partial charge in [0.15, 0.2) is 0 Å². The van der Waals surface area contributed by atoms with Gasteiger partial charge in [0, 0.05) is 6.42 Å². The number of rotatable bonds is 6. The normalized spacial score (nSPS) is 15.8. The molecule has 0 amide bonds. The molecule has 0 bridgehead atoms. The van der Waals surface area contributed by atoms with Crippen LogP contribution in [0.25, 0.3) is 0 Å². The molecule has 1 N–H and O–H groups in total. The van der Waals surface area contributed by atoms with E-state index in [4.69, 9.17) is 0 Å². The summed E-state index contributed by atoms with van der Waals surface area (Å²) in [5.41, 5.74) is 1.26. The predicted octanol–water partition coefficient (Wildman–Crippen LogP) is 4.68. The molecule has 0 aromatic heterocycles. The van der Waals surface area contributed by atoms with Crippen LogP contribution in [-0.4, -0.2) is 5.11 Å². The highest BCUT2D eigenvalue weighted by atomic mass is 16.3. The Hall–Kier alpha value is -0.980. The van der Waals surface area contributed by atoms with Crippen LogP contribution in [0, 0.1) is 0 Å². The van der Waals surface area contributed by atoms with E-state index in [0.29, 0.717) is 12.2 Å². The van der Waals surface area contributed by atoms with Crippen LogP contribution in [0.2, 0.25) is 0 Å². The lowest BCUT2D eigenvalue weighted by atomic mass is 10.1. The van der Waals surface area contributed by atoms with E-state index in [1.165, 1.54) is 37.7 Å². The van der Waals surface area contributed by atoms with Gasteiger partial charge in [-0.25, -0.2) is 0 Å². The molecule has 84 valence electrons. The van der Waals surface area contributed by atoms with Crippen molar-refractivity contribution >= 4 is 0 Å². The molecule has 15 heavy (non-hydrogen) atoms. The molecule has 0 aromatic rings. The van der Waals surface area contributed by atoms with Gasteiger partial charge in [0.1, 0.15) is 0 Å². The van der Waals surface area contributed by atoms with Crippen molar-refractivity contribution in [3.05, 3.63) is 35.6 Å². The number of hydrogen-bond donors (Lipinski definition) is 1.